The number of hydrogen-bond acceptors (Lipinski definition) is 8. The van der Waals surface area contributed by atoms with Gasteiger partial charge in [-0.25, -0.2) is 0 Å². The molecule has 0 radical (unpaired) electrons. The van der Waals surface area contributed by atoms with Crippen molar-refractivity contribution in [1.29, 1.82) is 0 Å². The molecule has 0 bridgehead atoms. The molecule has 0 fully saturated rings. The summed E-state index contributed by atoms with van der Waals surface area (Å²) in [5.74, 6) is 1.24. The molecule has 2 rings (SSSR count). The summed E-state index contributed by atoms with van der Waals surface area (Å²) in [6, 6.07) is 7.04. The Morgan fingerprint density at radius 3 is 2.21 bits per heavy atom. The van der Waals surface area contributed by atoms with Gasteiger partial charge in [0.1, 0.15) is 5.75 Å². The van der Waals surface area contributed by atoms with E-state index in [0.29, 0.717) is 63.5 Å². The largest absolute Gasteiger partial charge is 0.484 e. The predicted octanol–water partition coefficient (Wildman–Crippen LogP) is 2.52. The smallest absolute Gasteiger partial charge is 0.258 e. The maximum atomic E-state index is 11.8. The first-order chi connectivity index (χ1) is 16.1. The molecule has 1 aromatic heterocycles. The van der Waals surface area contributed by atoms with E-state index in [-0.39, 0.29) is 18.4 Å². The number of hydrogen-bond donors (Lipinski definition) is 2. The maximum Gasteiger partial charge on any atom is 0.258 e. The SMILES string of the molecule is CC.CCCNC(=O)CCOCCOCCNC(=O)COc1ccc(-c2nnc(C)o2)cc1. The van der Waals surface area contributed by atoms with E-state index < -0.39 is 0 Å². The van der Waals surface area contributed by atoms with Crippen molar-refractivity contribution in [3.05, 3.63) is 30.2 Å². The van der Waals surface area contributed by atoms with Crippen LogP contribution in [0.5, 0.6) is 5.75 Å². The highest BCUT2D eigenvalue weighted by molar-refractivity contribution is 5.77. The van der Waals surface area contributed by atoms with Crippen molar-refractivity contribution in [3.8, 4) is 17.2 Å². The van der Waals surface area contributed by atoms with Gasteiger partial charge in [0.05, 0.1) is 26.4 Å². The highest BCUT2D eigenvalue weighted by atomic mass is 16.5. The average Bonchev–Trinajstić information content (AvgIpc) is 3.28. The number of aryl methyl sites for hydroxylation is 1. The third-order valence-electron chi connectivity index (χ3n) is 3.98. The van der Waals surface area contributed by atoms with E-state index in [1.54, 1.807) is 31.2 Å². The molecule has 0 atom stereocenters. The van der Waals surface area contributed by atoms with Gasteiger partial charge in [-0.3, -0.25) is 9.59 Å². The standard InChI is InChI=1S/C21H30N4O6.C2H6/c1-3-9-22-19(26)8-11-28-13-14-29-12-10-23-20(27)15-30-18-6-4-17(5-7-18)21-25-24-16(2)31-21;1-2/h4-7H,3,8-15H2,1-2H3,(H,22,26)(H,23,27);1-2H3. The minimum atomic E-state index is -0.241. The van der Waals surface area contributed by atoms with E-state index in [4.69, 9.17) is 18.6 Å². The molecule has 2 amide bonds. The molecule has 33 heavy (non-hydrogen) atoms. The van der Waals surface area contributed by atoms with Crippen molar-refractivity contribution in [3.63, 3.8) is 0 Å². The molecule has 0 aliphatic heterocycles. The summed E-state index contributed by atoms with van der Waals surface area (Å²) >= 11 is 0. The van der Waals surface area contributed by atoms with Gasteiger partial charge in [0.15, 0.2) is 6.61 Å². The Kier molecular flexibility index (Phi) is 14.9. The van der Waals surface area contributed by atoms with Crippen LogP contribution in [0, 0.1) is 6.92 Å². The molecule has 1 heterocycles. The molecule has 0 saturated heterocycles. The Morgan fingerprint density at radius 2 is 1.58 bits per heavy atom. The van der Waals surface area contributed by atoms with Gasteiger partial charge < -0.3 is 29.3 Å². The molecule has 2 aromatic rings. The summed E-state index contributed by atoms with van der Waals surface area (Å²) < 4.78 is 21.5. The number of carbonyl (C=O) groups is 2. The molecule has 0 aliphatic rings. The lowest BCUT2D eigenvalue weighted by molar-refractivity contribution is -0.123. The Labute approximate surface area is 195 Å². The molecular weight excluding hydrogens is 428 g/mol. The number of nitrogens with zero attached hydrogens (tertiary/aromatic N) is 2. The van der Waals surface area contributed by atoms with Crippen LogP contribution in [0.4, 0.5) is 0 Å². The molecule has 2 N–H and O–H groups in total. The van der Waals surface area contributed by atoms with Gasteiger partial charge in [0.2, 0.25) is 17.7 Å². The summed E-state index contributed by atoms with van der Waals surface area (Å²) in [6.07, 6.45) is 1.26. The second-order valence-electron chi connectivity index (χ2n) is 6.61. The maximum absolute atomic E-state index is 11.8. The number of aromatic nitrogens is 2. The van der Waals surface area contributed by atoms with Gasteiger partial charge in [-0.2, -0.15) is 0 Å². The van der Waals surface area contributed by atoms with Crippen LogP contribution in [-0.2, 0) is 19.1 Å². The number of nitrogens with one attached hydrogen (secondary N) is 2. The Bertz CT molecular complexity index is 795. The van der Waals surface area contributed by atoms with Gasteiger partial charge in [-0.05, 0) is 30.7 Å². The van der Waals surface area contributed by atoms with Gasteiger partial charge in [-0.15, -0.1) is 10.2 Å². The van der Waals surface area contributed by atoms with Gasteiger partial charge >= 0.3 is 0 Å². The van der Waals surface area contributed by atoms with Crippen LogP contribution in [0.3, 0.4) is 0 Å². The first kappa shape index (κ1) is 28.1. The van der Waals surface area contributed by atoms with E-state index in [1.807, 2.05) is 20.8 Å². The molecule has 10 nitrogen and oxygen atoms in total. The quantitative estimate of drug-likeness (QED) is 0.385. The number of rotatable bonds is 15. The van der Waals surface area contributed by atoms with Gasteiger partial charge in [0.25, 0.3) is 5.91 Å². The number of carbonyl (C=O) groups excluding carboxylic acids is 2. The zero-order valence-corrected chi connectivity index (χ0v) is 20.0. The Hall–Kier alpha value is -2.98. The summed E-state index contributed by atoms with van der Waals surface area (Å²) in [7, 11) is 0. The summed E-state index contributed by atoms with van der Waals surface area (Å²) in [6.45, 7) is 10.2. The van der Waals surface area contributed by atoms with Crippen molar-refractivity contribution in [2.75, 3.05) is 46.1 Å². The number of benzene rings is 1. The molecule has 0 aliphatic carbocycles. The lowest BCUT2D eigenvalue weighted by atomic mass is 10.2. The fourth-order valence-electron chi connectivity index (χ4n) is 2.41. The predicted molar refractivity (Wildman–Crippen MR) is 124 cm³/mol. The van der Waals surface area contributed by atoms with Crippen molar-refractivity contribution in [2.24, 2.45) is 0 Å². The van der Waals surface area contributed by atoms with E-state index in [0.717, 1.165) is 12.0 Å². The summed E-state index contributed by atoms with van der Waals surface area (Å²) in [5.41, 5.74) is 0.776. The average molecular weight is 465 g/mol. The monoisotopic (exact) mass is 464 g/mol. The van der Waals surface area contributed by atoms with Crippen LogP contribution in [0.1, 0.15) is 39.5 Å². The minimum Gasteiger partial charge on any atom is -0.484 e. The molecule has 10 heteroatoms. The van der Waals surface area contributed by atoms with E-state index in [9.17, 15) is 9.59 Å². The molecule has 0 unspecified atom stereocenters. The van der Waals surface area contributed by atoms with Crippen LogP contribution in [0.2, 0.25) is 0 Å². The van der Waals surface area contributed by atoms with Crippen LogP contribution in [0.25, 0.3) is 11.5 Å². The van der Waals surface area contributed by atoms with Gasteiger partial charge in [0, 0.05) is 32.0 Å². The zero-order chi connectivity index (χ0) is 24.3. The lowest BCUT2D eigenvalue weighted by Gasteiger charge is -2.09. The zero-order valence-electron chi connectivity index (χ0n) is 20.0. The minimum absolute atomic E-state index is 0.00874. The van der Waals surface area contributed by atoms with Gasteiger partial charge in [-0.1, -0.05) is 20.8 Å². The first-order valence-electron chi connectivity index (χ1n) is 11.3. The van der Waals surface area contributed by atoms with E-state index in [1.165, 1.54) is 0 Å². The fraction of sp³-hybridized carbons (Fsp3) is 0.565. The molecule has 184 valence electrons. The first-order valence-corrected chi connectivity index (χ1v) is 11.3. The Morgan fingerprint density at radius 1 is 0.909 bits per heavy atom. The highest BCUT2D eigenvalue weighted by Crippen LogP contribution is 2.21. The molecular formula is C23H36N4O6. The van der Waals surface area contributed by atoms with E-state index >= 15 is 0 Å². The van der Waals surface area contributed by atoms with Crippen molar-refractivity contribution in [2.45, 2.75) is 40.5 Å². The second kappa shape index (κ2) is 17.6. The third kappa shape index (κ3) is 12.6. The lowest BCUT2D eigenvalue weighted by Crippen LogP contribution is -2.31. The third-order valence-corrected chi connectivity index (χ3v) is 3.98. The van der Waals surface area contributed by atoms with E-state index in [2.05, 4.69) is 20.8 Å². The van der Waals surface area contributed by atoms with Crippen LogP contribution < -0.4 is 15.4 Å². The second-order valence-corrected chi connectivity index (χ2v) is 6.61. The normalized spacial score (nSPS) is 10.2. The Balaban J connectivity index is 0.00000265. The van der Waals surface area contributed by atoms with Crippen LogP contribution in [-0.4, -0.2) is 68.1 Å². The highest BCUT2D eigenvalue weighted by Gasteiger charge is 2.07. The fourth-order valence-corrected chi connectivity index (χ4v) is 2.41. The number of amides is 2. The van der Waals surface area contributed by atoms with Crippen LogP contribution in [0.15, 0.2) is 28.7 Å². The molecule has 0 saturated carbocycles. The molecule has 1 aromatic carbocycles. The van der Waals surface area contributed by atoms with Crippen molar-refractivity contribution >= 4 is 11.8 Å². The summed E-state index contributed by atoms with van der Waals surface area (Å²) in [4.78, 5) is 23.2. The number of ether oxygens (including phenoxy) is 3. The molecule has 0 spiro atoms. The van der Waals surface area contributed by atoms with Crippen molar-refractivity contribution < 1.29 is 28.2 Å². The van der Waals surface area contributed by atoms with Crippen molar-refractivity contribution in [1.82, 2.24) is 20.8 Å². The van der Waals surface area contributed by atoms with Crippen LogP contribution >= 0.6 is 0 Å². The summed E-state index contributed by atoms with van der Waals surface area (Å²) in [5, 5.41) is 13.2. The topological polar surface area (TPSA) is 125 Å².